The van der Waals surface area contributed by atoms with Gasteiger partial charge in [-0.1, -0.05) is 0 Å². The predicted molar refractivity (Wildman–Crippen MR) is 46.6 cm³/mol. The molecule has 76 valence electrons. The first-order valence-electron chi connectivity index (χ1n) is 3.82. The molecule has 2 heterocycles. The lowest BCUT2D eigenvalue weighted by molar-refractivity contribution is -0.389. The zero-order valence-electron chi connectivity index (χ0n) is 7.19. The molecule has 1 N–H and O–H groups in total. The number of aromatic nitrogens is 3. The van der Waals surface area contributed by atoms with Crippen LogP contribution in [0.5, 0.6) is 0 Å². The Morgan fingerprint density at radius 1 is 1.60 bits per heavy atom. The molecule has 0 unspecified atom stereocenters. The normalized spacial score (nSPS) is 10.4. The summed E-state index contributed by atoms with van der Waals surface area (Å²) in [6, 6.07) is 2.32. The third-order valence-electron chi connectivity index (χ3n) is 1.72. The van der Waals surface area contributed by atoms with E-state index < -0.39 is 10.9 Å². The van der Waals surface area contributed by atoms with Gasteiger partial charge < -0.3 is 15.2 Å². The van der Waals surface area contributed by atoms with Crippen molar-refractivity contribution in [2.24, 2.45) is 0 Å². The highest BCUT2D eigenvalue weighted by Crippen LogP contribution is 2.11. The van der Waals surface area contributed by atoms with E-state index in [0.29, 0.717) is 0 Å². The van der Waals surface area contributed by atoms with Gasteiger partial charge in [-0.3, -0.25) is 0 Å². The maximum Gasteiger partial charge on any atom is 0.392 e. The lowest BCUT2D eigenvalue weighted by Crippen LogP contribution is -2.01. The Morgan fingerprint density at radius 2 is 2.33 bits per heavy atom. The highest BCUT2D eigenvalue weighted by Gasteiger charge is 2.15. The van der Waals surface area contributed by atoms with E-state index >= 15 is 0 Å². The van der Waals surface area contributed by atoms with Gasteiger partial charge in [0.15, 0.2) is 11.3 Å². The molecular formula is C7H4N4O4. The molecule has 0 aliphatic rings. The molecule has 0 fully saturated rings. The van der Waals surface area contributed by atoms with E-state index in [1.54, 1.807) is 0 Å². The van der Waals surface area contributed by atoms with Crippen molar-refractivity contribution in [1.29, 1.82) is 0 Å². The van der Waals surface area contributed by atoms with Crippen molar-refractivity contribution in [2.75, 3.05) is 0 Å². The molecule has 8 heteroatoms. The number of aromatic carboxylic acids is 1. The van der Waals surface area contributed by atoms with Gasteiger partial charge in [0.1, 0.15) is 0 Å². The second-order valence-corrected chi connectivity index (χ2v) is 2.68. The Morgan fingerprint density at radius 3 is 2.93 bits per heavy atom. The largest absolute Gasteiger partial charge is 0.477 e. The SMILES string of the molecule is O=C(O)c1ccn2nc([N+](=O)[O-])cc2n1. The summed E-state index contributed by atoms with van der Waals surface area (Å²) in [5, 5.41) is 22.6. The lowest BCUT2D eigenvalue weighted by atomic mass is 10.4. The van der Waals surface area contributed by atoms with E-state index in [-0.39, 0.29) is 17.2 Å². The van der Waals surface area contributed by atoms with Gasteiger partial charge in [-0.25, -0.2) is 9.78 Å². The first-order valence-corrected chi connectivity index (χ1v) is 3.82. The molecule has 2 aromatic rings. The topological polar surface area (TPSA) is 111 Å². The van der Waals surface area contributed by atoms with Gasteiger partial charge in [0, 0.05) is 0 Å². The van der Waals surface area contributed by atoms with Crippen LogP contribution in [-0.4, -0.2) is 30.6 Å². The summed E-state index contributed by atoms with van der Waals surface area (Å²) < 4.78 is 1.14. The Kier molecular flexibility index (Phi) is 1.82. The Labute approximate surface area is 81.9 Å². The average molecular weight is 208 g/mol. The van der Waals surface area contributed by atoms with Crippen LogP contribution in [0.2, 0.25) is 0 Å². The molecule has 0 atom stereocenters. The molecule has 2 rings (SSSR count). The van der Waals surface area contributed by atoms with Crippen LogP contribution in [0, 0.1) is 10.1 Å². The molecule has 0 aliphatic heterocycles. The number of nitrogens with zero attached hydrogens (tertiary/aromatic N) is 4. The lowest BCUT2D eigenvalue weighted by Gasteiger charge is -1.90. The first kappa shape index (κ1) is 9.06. The van der Waals surface area contributed by atoms with Crippen molar-refractivity contribution < 1.29 is 14.8 Å². The smallest absolute Gasteiger partial charge is 0.392 e. The number of carboxylic acid groups (broad SMARTS) is 1. The van der Waals surface area contributed by atoms with Crippen molar-refractivity contribution in [3.63, 3.8) is 0 Å². The minimum atomic E-state index is -1.19. The molecule has 0 spiro atoms. The Balaban J connectivity index is 2.62. The van der Waals surface area contributed by atoms with Crippen molar-refractivity contribution in [1.82, 2.24) is 14.6 Å². The number of rotatable bonds is 2. The van der Waals surface area contributed by atoms with Gasteiger partial charge in [-0.2, -0.15) is 0 Å². The van der Waals surface area contributed by atoms with Crippen molar-refractivity contribution in [3.05, 3.63) is 34.1 Å². The van der Waals surface area contributed by atoms with E-state index in [9.17, 15) is 14.9 Å². The fraction of sp³-hybridized carbons (Fsp3) is 0. The zero-order valence-corrected chi connectivity index (χ0v) is 7.19. The zero-order chi connectivity index (χ0) is 11.0. The van der Waals surface area contributed by atoms with Gasteiger partial charge >= 0.3 is 11.8 Å². The average Bonchev–Trinajstić information content (AvgIpc) is 2.59. The number of carbonyl (C=O) groups is 1. The molecule has 15 heavy (non-hydrogen) atoms. The molecule has 0 radical (unpaired) electrons. The number of carboxylic acids is 1. The summed E-state index contributed by atoms with van der Waals surface area (Å²) in [6.07, 6.45) is 1.30. The highest BCUT2D eigenvalue weighted by atomic mass is 16.6. The van der Waals surface area contributed by atoms with Crippen LogP contribution < -0.4 is 0 Å². The summed E-state index contributed by atoms with van der Waals surface area (Å²) in [7, 11) is 0. The number of fused-ring (bicyclic) bond motifs is 1. The van der Waals surface area contributed by atoms with Crippen molar-refractivity contribution in [2.45, 2.75) is 0 Å². The van der Waals surface area contributed by atoms with Crippen LogP contribution in [0.25, 0.3) is 5.65 Å². The molecule has 0 saturated carbocycles. The number of nitro groups is 1. The fourth-order valence-corrected chi connectivity index (χ4v) is 1.08. The van der Waals surface area contributed by atoms with Gasteiger partial charge in [0.2, 0.25) is 0 Å². The van der Waals surface area contributed by atoms with Gasteiger partial charge in [-0.05, 0) is 11.0 Å². The van der Waals surface area contributed by atoms with E-state index in [1.807, 2.05) is 0 Å². The Hall–Kier alpha value is -2.51. The van der Waals surface area contributed by atoms with Gasteiger partial charge in [0.05, 0.1) is 17.4 Å². The van der Waals surface area contributed by atoms with Crippen LogP contribution in [0.4, 0.5) is 5.82 Å². The maximum atomic E-state index is 10.6. The molecule has 0 bridgehead atoms. The molecule has 0 aliphatic carbocycles. The number of hydrogen-bond acceptors (Lipinski definition) is 5. The highest BCUT2D eigenvalue weighted by molar-refractivity contribution is 5.85. The summed E-state index contributed by atoms with van der Waals surface area (Å²) in [4.78, 5) is 23.9. The second-order valence-electron chi connectivity index (χ2n) is 2.68. The van der Waals surface area contributed by atoms with Crippen LogP contribution >= 0.6 is 0 Å². The molecule has 0 aromatic carbocycles. The van der Waals surface area contributed by atoms with Crippen LogP contribution in [0.3, 0.4) is 0 Å². The van der Waals surface area contributed by atoms with E-state index in [2.05, 4.69) is 10.1 Å². The minimum absolute atomic E-state index is 0.126. The predicted octanol–water partition coefficient (Wildman–Crippen LogP) is 0.336. The third kappa shape index (κ3) is 1.47. The van der Waals surface area contributed by atoms with Crippen LogP contribution in [0.15, 0.2) is 18.3 Å². The standard InChI is InChI=1S/C7H4N4O4/c12-7(13)4-1-2-10-5(8-4)3-6(9-10)11(14)15/h1-3H,(H,12,13). The Bertz CT molecular complexity index is 549. The van der Waals surface area contributed by atoms with Gasteiger partial charge in [-0.15, -0.1) is 4.52 Å². The summed E-state index contributed by atoms with van der Waals surface area (Å²) in [5.41, 5.74) is -0.0566. The van der Waals surface area contributed by atoms with Crippen LogP contribution in [0.1, 0.15) is 10.5 Å². The van der Waals surface area contributed by atoms with Crippen molar-refractivity contribution >= 4 is 17.4 Å². The fourth-order valence-electron chi connectivity index (χ4n) is 1.08. The molecule has 0 saturated heterocycles. The summed E-state index contributed by atoms with van der Waals surface area (Å²) in [6.45, 7) is 0. The minimum Gasteiger partial charge on any atom is -0.477 e. The monoisotopic (exact) mass is 208 g/mol. The van der Waals surface area contributed by atoms with E-state index in [0.717, 1.165) is 10.6 Å². The summed E-state index contributed by atoms with van der Waals surface area (Å²) in [5.74, 6) is -1.56. The van der Waals surface area contributed by atoms with E-state index in [1.165, 1.54) is 12.3 Å². The van der Waals surface area contributed by atoms with Crippen molar-refractivity contribution in [3.8, 4) is 0 Å². The molecule has 8 nitrogen and oxygen atoms in total. The summed E-state index contributed by atoms with van der Waals surface area (Å²) >= 11 is 0. The van der Waals surface area contributed by atoms with Gasteiger partial charge in [0.25, 0.3) is 0 Å². The molecule has 0 amide bonds. The second kappa shape index (κ2) is 3.01. The molecular weight excluding hydrogens is 204 g/mol. The first-order chi connectivity index (χ1) is 7.08. The molecule has 2 aromatic heterocycles. The number of hydrogen-bond donors (Lipinski definition) is 1. The van der Waals surface area contributed by atoms with E-state index in [4.69, 9.17) is 5.11 Å². The maximum absolute atomic E-state index is 10.6. The van der Waals surface area contributed by atoms with Crippen LogP contribution in [-0.2, 0) is 0 Å². The quantitative estimate of drug-likeness (QED) is 0.562. The third-order valence-corrected chi connectivity index (χ3v) is 1.72.